The highest BCUT2D eigenvalue weighted by molar-refractivity contribution is 8.55. The topological polar surface area (TPSA) is 60.8 Å². The summed E-state index contributed by atoms with van der Waals surface area (Å²) in [4.78, 5) is 18.3. The molecule has 94 valence electrons. The van der Waals surface area contributed by atoms with Crippen LogP contribution in [0.5, 0.6) is 0 Å². The lowest BCUT2D eigenvalue weighted by Gasteiger charge is -2.23. The number of anilines is 2. The van der Waals surface area contributed by atoms with Gasteiger partial charge >= 0.3 is 6.80 Å². The lowest BCUT2D eigenvalue weighted by Crippen LogP contribution is -2.06. The van der Waals surface area contributed by atoms with Crippen molar-refractivity contribution in [3.05, 3.63) is 60.7 Å². The fourth-order valence-corrected chi connectivity index (χ4v) is 3.33. The molecule has 2 aromatic rings. The Balaban J connectivity index is 2.39. The Morgan fingerprint density at radius 1 is 0.833 bits per heavy atom. The van der Waals surface area contributed by atoms with Crippen LogP contribution in [0.15, 0.2) is 60.7 Å². The normalized spacial score (nSPS) is 11.2. The first-order valence-corrected chi connectivity index (χ1v) is 8.21. The van der Waals surface area contributed by atoms with E-state index >= 15 is 0 Å². The predicted molar refractivity (Wildman–Crippen MR) is 74.7 cm³/mol. The number of benzene rings is 2. The lowest BCUT2D eigenvalue weighted by atomic mass is 10.3. The quantitative estimate of drug-likeness (QED) is 0.662. The summed E-state index contributed by atoms with van der Waals surface area (Å²) in [7, 11) is 0. The highest BCUT2D eigenvalue weighted by Crippen LogP contribution is 2.55. The number of hydrogen-bond donors (Lipinski definition) is 2. The van der Waals surface area contributed by atoms with Crippen LogP contribution in [0, 0.1) is 0 Å². The Morgan fingerprint density at radius 3 is 1.56 bits per heavy atom. The van der Waals surface area contributed by atoms with Crippen molar-refractivity contribution < 1.29 is 14.4 Å². The van der Waals surface area contributed by atoms with Crippen LogP contribution in [0.4, 0.5) is 11.4 Å². The van der Waals surface area contributed by atoms with Crippen LogP contribution in [0.25, 0.3) is 0 Å². The van der Waals surface area contributed by atoms with Gasteiger partial charge in [0.1, 0.15) is 0 Å². The SMILES string of the molecule is O=P(O)(O)SN(c1ccccc1)c1ccccc1. The fraction of sp³-hybridized carbons (Fsp3) is 0. The third kappa shape index (κ3) is 3.62. The van der Waals surface area contributed by atoms with Crippen molar-refractivity contribution >= 4 is 29.7 Å². The molecule has 2 N–H and O–H groups in total. The summed E-state index contributed by atoms with van der Waals surface area (Å²) in [6, 6.07) is 18.2. The van der Waals surface area contributed by atoms with Crippen LogP contribution >= 0.6 is 18.4 Å². The molecule has 6 heteroatoms. The first-order chi connectivity index (χ1) is 8.56. The van der Waals surface area contributed by atoms with Gasteiger partial charge in [-0.3, -0.25) is 4.31 Å². The smallest absolute Gasteiger partial charge is 0.315 e. The van der Waals surface area contributed by atoms with E-state index in [0.717, 1.165) is 11.4 Å². The maximum atomic E-state index is 11.2. The van der Waals surface area contributed by atoms with Crippen LogP contribution < -0.4 is 4.31 Å². The van der Waals surface area contributed by atoms with E-state index in [1.807, 2.05) is 36.4 Å². The Morgan fingerprint density at radius 2 is 1.22 bits per heavy atom. The highest BCUT2D eigenvalue weighted by atomic mass is 32.7. The minimum absolute atomic E-state index is 0.508. The molecule has 2 aromatic carbocycles. The van der Waals surface area contributed by atoms with E-state index in [2.05, 4.69) is 0 Å². The summed E-state index contributed by atoms with van der Waals surface area (Å²) in [5.74, 6) is 0. The molecule has 0 aliphatic carbocycles. The zero-order valence-electron chi connectivity index (χ0n) is 9.38. The number of para-hydroxylation sites is 2. The van der Waals surface area contributed by atoms with Gasteiger partial charge in [-0.25, -0.2) is 4.57 Å². The maximum absolute atomic E-state index is 11.2. The van der Waals surface area contributed by atoms with Crippen LogP contribution in [-0.4, -0.2) is 9.79 Å². The number of nitrogens with zero attached hydrogens (tertiary/aromatic N) is 1. The summed E-state index contributed by atoms with van der Waals surface area (Å²) in [6.45, 7) is -4.21. The Hall–Kier alpha value is -1.26. The minimum atomic E-state index is -4.21. The van der Waals surface area contributed by atoms with Crippen molar-refractivity contribution in [2.75, 3.05) is 4.31 Å². The summed E-state index contributed by atoms with van der Waals surface area (Å²) < 4.78 is 12.7. The zero-order valence-corrected chi connectivity index (χ0v) is 11.1. The zero-order chi connectivity index (χ0) is 13.0. The molecule has 0 heterocycles. The molecule has 0 aromatic heterocycles. The number of rotatable bonds is 4. The third-order valence-corrected chi connectivity index (χ3v) is 4.10. The predicted octanol–water partition coefficient (Wildman–Crippen LogP) is 3.57. The van der Waals surface area contributed by atoms with Gasteiger partial charge in [0.25, 0.3) is 0 Å². The fourth-order valence-electron chi connectivity index (χ4n) is 1.48. The van der Waals surface area contributed by atoms with Gasteiger partial charge in [-0.05, 0) is 24.3 Å². The second-order valence-electron chi connectivity index (χ2n) is 3.54. The molecule has 18 heavy (non-hydrogen) atoms. The summed E-state index contributed by atoms with van der Waals surface area (Å²) in [5, 5.41) is 0. The molecule has 0 atom stereocenters. The molecule has 2 rings (SSSR count). The van der Waals surface area contributed by atoms with Crippen molar-refractivity contribution in [1.29, 1.82) is 0 Å². The summed E-state index contributed by atoms with van der Waals surface area (Å²) >= 11 is 0.508. The van der Waals surface area contributed by atoms with Crippen LogP contribution in [0.3, 0.4) is 0 Å². The van der Waals surface area contributed by atoms with Crippen LogP contribution in [0.1, 0.15) is 0 Å². The third-order valence-electron chi connectivity index (χ3n) is 2.17. The molecular formula is C12H12NO3PS. The van der Waals surface area contributed by atoms with E-state index in [1.165, 1.54) is 4.31 Å². The molecule has 4 nitrogen and oxygen atoms in total. The van der Waals surface area contributed by atoms with Crippen molar-refractivity contribution in [3.8, 4) is 0 Å². The van der Waals surface area contributed by atoms with Gasteiger partial charge in [0.15, 0.2) is 0 Å². The standard InChI is InChI=1S/C12H12NO3PS/c14-17(15,16)18-13(11-7-3-1-4-8-11)12-9-5-2-6-10-12/h1-10H,(H2,14,15,16). The first-order valence-electron chi connectivity index (χ1n) is 5.22. The van der Waals surface area contributed by atoms with E-state index in [4.69, 9.17) is 9.79 Å². The van der Waals surface area contributed by atoms with E-state index < -0.39 is 6.80 Å². The first kappa shape index (κ1) is 13.2. The van der Waals surface area contributed by atoms with Gasteiger partial charge in [0.05, 0.1) is 22.9 Å². The molecule has 0 unspecified atom stereocenters. The largest absolute Gasteiger partial charge is 0.404 e. The van der Waals surface area contributed by atoms with E-state index in [-0.39, 0.29) is 0 Å². The lowest BCUT2D eigenvalue weighted by molar-refractivity contribution is 0.397. The molecule has 0 bridgehead atoms. The Labute approximate surface area is 109 Å². The Bertz CT molecular complexity index is 504. The molecule has 0 amide bonds. The molecular weight excluding hydrogens is 269 g/mol. The second-order valence-corrected chi connectivity index (χ2v) is 6.96. The average molecular weight is 281 g/mol. The molecule has 0 fully saturated rings. The summed E-state index contributed by atoms with van der Waals surface area (Å²) in [5.41, 5.74) is 1.44. The van der Waals surface area contributed by atoms with Gasteiger partial charge < -0.3 is 9.79 Å². The highest BCUT2D eigenvalue weighted by Gasteiger charge is 2.22. The molecule has 0 saturated heterocycles. The maximum Gasteiger partial charge on any atom is 0.404 e. The average Bonchev–Trinajstić information content (AvgIpc) is 2.37. The van der Waals surface area contributed by atoms with Gasteiger partial charge in [-0.2, -0.15) is 0 Å². The second kappa shape index (κ2) is 5.59. The van der Waals surface area contributed by atoms with Crippen molar-refractivity contribution in [1.82, 2.24) is 0 Å². The van der Waals surface area contributed by atoms with Gasteiger partial charge in [0.2, 0.25) is 0 Å². The monoisotopic (exact) mass is 281 g/mol. The molecule has 0 radical (unpaired) electrons. The van der Waals surface area contributed by atoms with Crippen molar-refractivity contribution in [2.24, 2.45) is 0 Å². The van der Waals surface area contributed by atoms with E-state index in [1.54, 1.807) is 24.3 Å². The van der Waals surface area contributed by atoms with E-state index in [9.17, 15) is 4.57 Å². The Kier molecular flexibility index (Phi) is 4.09. The molecule has 0 spiro atoms. The summed E-state index contributed by atoms with van der Waals surface area (Å²) in [6.07, 6.45) is 0. The van der Waals surface area contributed by atoms with Crippen LogP contribution in [-0.2, 0) is 4.57 Å². The molecule has 0 aliphatic rings. The van der Waals surface area contributed by atoms with Gasteiger partial charge in [-0.1, -0.05) is 36.4 Å². The van der Waals surface area contributed by atoms with Crippen molar-refractivity contribution in [3.63, 3.8) is 0 Å². The van der Waals surface area contributed by atoms with E-state index in [0.29, 0.717) is 11.6 Å². The van der Waals surface area contributed by atoms with Crippen molar-refractivity contribution in [2.45, 2.75) is 0 Å². The minimum Gasteiger partial charge on any atom is -0.315 e. The molecule has 0 saturated carbocycles. The van der Waals surface area contributed by atoms with Crippen LogP contribution in [0.2, 0.25) is 0 Å². The van der Waals surface area contributed by atoms with Gasteiger partial charge in [0, 0.05) is 0 Å². The molecule has 0 aliphatic heterocycles. The number of hydrogen-bond acceptors (Lipinski definition) is 3. The van der Waals surface area contributed by atoms with Gasteiger partial charge in [-0.15, -0.1) is 0 Å².